The predicted molar refractivity (Wildman–Crippen MR) is 32.8 cm³/mol. The van der Waals surface area contributed by atoms with Crippen LogP contribution < -0.4 is 0 Å². The van der Waals surface area contributed by atoms with Crippen molar-refractivity contribution in [1.29, 1.82) is 0 Å². The Labute approximate surface area is 53.9 Å². The largest absolute Gasteiger partial charge is 0.158 e. The van der Waals surface area contributed by atoms with Gasteiger partial charge in [0.05, 0.1) is 11.9 Å². The number of nitrogens with zero attached hydrogens (tertiary/aromatic N) is 2. The summed E-state index contributed by atoms with van der Waals surface area (Å²) in [6, 6.07) is 4.83. The minimum absolute atomic E-state index is 0.704. The monoisotopic (exact) mass is 119 g/mol. The van der Waals surface area contributed by atoms with Gasteiger partial charge in [-0.15, -0.1) is 0 Å². The highest BCUT2D eigenvalue weighted by molar-refractivity contribution is 5.11. The average molecular weight is 119 g/mol. The fourth-order valence-corrected chi connectivity index (χ4v) is 0.859. The summed E-state index contributed by atoms with van der Waals surface area (Å²) in [7, 11) is 0. The first-order valence-corrected chi connectivity index (χ1v) is 3.15. The van der Waals surface area contributed by atoms with E-state index >= 15 is 0 Å². The van der Waals surface area contributed by atoms with Gasteiger partial charge >= 0.3 is 0 Å². The molecule has 0 bridgehead atoms. The fourth-order valence-electron chi connectivity index (χ4n) is 0.859. The molecule has 2 heteroatoms. The Kier molecular flexibility index (Phi) is 0.979. The maximum atomic E-state index is 3.96. The second-order valence-corrected chi connectivity index (χ2v) is 2.35. The molecule has 1 radical (unpaired) electrons. The lowest BCUT2D eigenvalue weighted by molar-refractivity contribution is 0.908. The molecule has 0 aromatic carbocycles. The van der Waals surface area contributed by atoms with Crippen molar-refractivity contribution in [3.8, 4) is 0 Å². The number of rotatable bonds is 1. The molecule has 1 aliphatic carbocycles. The van der Waals surface area contributed by atoms with Crippen LogP contribution in [0.25, 0.3) is 0 Å². The summed E-state index contributed by atoms with van der Waals surface area (Å²) in [4.78, 5) is 0. The maximum absolute atomic E-state index is 3.96. The number of hydrogen-bond acceptors (Lipinski definition) is 2. The zero-order chi connectivity index (χ0) is 6.10. The van der Waals surface area contributed by atoms with Crippen molar-refractivity contribution in [3.63, 3.8) is 0 Å². The second-order valence-electron chi connectivity index (χ2n) is 2.35. The zero-order valence-corrected chi connectivity index (χ0v) is 5.04. The smallest absolute Gasteiger partial charge is 0.0668 e. The fraction of sp³-hybridized carbons (Fsp3) is 0.429. The summed E-state index contributed by atoms with van der Waals surface area (Å²) in [5.41, 5.74) is 1.11. The van der Waals surface area contributed by atoms with E-state index in [4.69, 9.17) is 0 Å². The van der Waals surface area contributed by atoms with Gasteiger partial charge in [-0.25, -0.2) is 0 Å². The van der Waals surface area contributed by atoms with Crippen LogP contribution >= 0.6 is 0 Å². The van der Waals surface area contributed by atoms with Crippen LogP contribution in [0.3, 0.4) is 0 Å². The zero-order valence-electron chi connectivity index (χ0n) is 5.04. The van der Waals surface area contributed by atoms with Gasteiger partial charge in [0.1, 0.15) is 0 Å². The summed E-state index contributed by atoms with van der Waals surface area (Å²) in [5, 5.41) is 7.70. The van der Waals surface area contributed by atoms with Crippen LogP contribution in [-0.4, -0.2) is 10.2 Å². The minimum atomic E-state index is 0.704. The molecule has 2 rings (SSSR count). The Hall–Kier alpha value is -0.920. The van der Waals surface area contributed by atoms with Crippen molar-refractivity contribution in [1.82, 2.24) is 10.2 Å². The SMILES string of the molecule is [c]1cnnc(C2CC2)c1. The molecular weight excluding hydrogens is 112 g/mol. The Bertz CT molecular complexity index is 191. The van der Waals surface area contributed by atoms with Gasteiger partial charge in [0.15, 0.2) is 0 Å². The quantitative estimate of drug-likeness (QED) is 0.554. The Morgan fingerprint density at radius 1 is 1.56 bits per heavy atom. The first-order valence-electron chi connectivity index (χ1n) is 3.15. The van der Waals surface area contributed by atoms with Crippen molar-refractivity contribution < 1.29 is 0 Å². The van der Waals surface area contributed by atoms with E-state index in [9.17, 15) is 0 Å². The Balaban J connectivity index is 2.29. The minimum Gasteiger partial charge on any atom is -0.158 e. The summed E-state index contributed by atoms with van der Waals surface area (Å²) < 4.78 is 0. The molecule has 0 spiro atoms. The summed E-state index contributed by atoms with van der Waals surface area (Å²) >= 11 is 0. The van der Waals surface area contributed by atoms with Gasteiger partial charge in [0, 0.05) is 12.0 Å². The predicted octanol–water partition coefficient (Wildman–Crippen LogP) is 1.15. The molecule has 2 nitrogen and oxygen atoms in total. The van der Waals surface area contributed by atoms with E-state index in [1.54, 1.807) is 6.20 Å². The van der Waals surface area contributed by atoms with Crippen LogP contribution in [0.15, 0.2) is 12.3 Å². The molecule has 45 valence electrons. The molecule has 1 aromatic heterocycles. The standard InChI is InChI=1S/C7H7N2/c1-2-7(6-3-4-6)9-8-5-1/h2,5-6H,3-4H2. The van der Waals surface area contributed by atoms with Gasteiger partial charge < -0.3 is 0 Å². The molecule has 0 aliphatic heterocycles. The molecule has 0 amide bonds. The van der Waals surface area contributed by atoms with Crippen molar-refractivity contribution in [3.05, 3.63) is 24.0 Å². The van der Waals surface area contributed by atoms with Crippen molar-refractivity contribution in [2.24, 2.45) is 0 Å². The Morgan fingerprint density at radius 2 is 2.44 bits per heavy atom. The summed E-state index contributed by atoms with van der Waals surface area (Å²) in [6.07, 6.45) is 4.16. The molecule has 0 saturated heterocycles. The highest BCUT2D eigenvalue weighted by atomic mass is 15.1. The van der Waals surface area contributed by atoms with Gasteiger partial charge in [0.2, 0.25) is 0 Å². The Morgan fingerprint density at radius 3 is 3.00 bits per heavy atom. The lowest BCUT2D eigenvalue weighted by atomic mass is 10.3. The van der Waals surface area contributed by atoms with Gasteiger partial charge in [-0.2, -0.15) is 10.2 Å². The van der Waals surface area contributed by atoms with Crippen LogP contribution in [0.4, 0.5) is 0 Å². The lowest BCUT2D eigenvalue weighted by Gasteiger charge is -1.89. The molecule has 1 heterocycles. The van der Waals surface area contributed by atoms with Gasteiger partial charge in [-0.3, -0.25) is 0 Å². The lowest BCUT2D eigenvalue weighted by Crippen LogP contribution is -1.86. The summed E-state index contributed by atoms with van der Waals surface area (Å²) in [5.74, 6) is 0.704. The van der Waals surface area contributed by atoms with Crippen molar-refractivity contribution in [2.45, 2.75) is 18.8 Å². The third kappa shape index (κ3) is 0.922. The molecule has 1 aromatic rings. The van der Waals surface area contributed by atoms with Crippen LogP contribution in [0.2, 0.25) is 0 Å². The van der Waals surface area contributed by atoms with Crippen LogP contribution in [0, 0.1) is 6.07 Å². The molecule has 0 unspecified atom stereocenters. The van der Waals surface area contributed by atoms with E-state index in [1.165, 1.54) is 12.8 Å². The second kappa shape index (κ2) is 1.79. The topological polar surface area (TPSA) is 25.8 Å². The first-order chi connectivity index (χ1) is 4.47. The normalized spacial score (nSPS) is 17.8. The molecule has 1 aliphatic rings. The van der Waals surface area contributed by atoms with E-state index in [1.807, 2.05) is 6.07 Å². The van der Waals surface area contributed by atoms with Crippen molar-refractivity contribution >= 4 is 0 Å². The molecule has 9 heavy (non-hydrogen) atoms. The molecule has 1 fully saturated rings. The van der Waals surface area contributed by atoms with E-state index in [2.05, 4.69) is 16.3 Å². The third-order valence-electron chi connectivity index (χ3n) is 1.53. The highest BCUT2D eigenvalue weighted by Crippen LogP contribution is 2.38. The van der Waals surface area contributed by atoms with E-state index in [0.29, 0.717) is 5.92 Å². The molecule has 0 atom stereocenters. The molecule has 0 N–H and O–H groups in total. The van der Waals surface area contributed by atoms with Gasteiger partial charge in [-0.05, 0) is 18.9 Å². The van der Waals surface area contributed by atoms with Crippen LogP contribution in [0.5, 0.6) is 0 Å². The van der Waals surface area contributed by atoms with Crippen LogP contribution in [0.1, 0.15) is 24.5 Å². The number of aromatic nitrogens is 2. The average Bonchev–Trinajstić information content (AvgIpc) is 2.71. The van der Waals surface area contributed by atoms with E-state index < -0.39 is 0 Å². The van der Waals surface area contributed by atoms with Crippen LogP contribution in [-0.2, 0) is 0 Å². The molecular formula is C7H7N2. The maximum Gasteiger partial charge on any atom is 0.0668 e. The first kappa shape index (κ1) is 4.91. The van der Waals surface area contributed by atoms with Gasteiger partial charge in [-0.1, -0.05) is 0 Å². The number of hydrogen-bond donors (Lipinski definition) is 0. The van der Waals surface area contributed by atoms with E-state index in [-0.39, 0.29) is 0 Å². The third-order valence-corrected chi connectivity index (χ3v) is 1.53. The summed E-state index contributed by atoms with van der Waals surface area (Å²) in [6.45, 7) is 0. The molecule has 1 saturated carbocycles. The van der Waals surface area contributed by atoms with Crippen molar-refractivity contribution in [2.75, 3.05) is 0 Å². The highest BCUT2D eigenvalue weighted by Gasteiger charge is 2.24. The van der Waals surface area contributed by atoms with Gasteiger partial charge in [0.25, 0.3) is 0 Å². The van der Waals surface area contributed by atoms with E-state index in [0.717, 1.165) is 5.69 Å².